The highest BCUT2D eigenvalue weighted by molar-refractivity contribution is 5.89. The Hall–Kier alpha value is -5.82. The fourth-order valence-corrected chi connectivity index (χ4v) is 4.91. The average molecular weight is 583 g/mol. The maximum Gasteiger partial charge on any atom is 0.335 e. The molecule has 0 amide bonds. The molecule has 1 N–H and O–H groups in total. The van der Waals surface area contributed by atoms with Gasteiger partial charge in [-0.2, -0.15) is 0 Å². The number of imidazole rings is 1. The third kappa shape index (κ3) is 6.32. The standard InChI is InChI=1S/C37H30N2O5/c1-42-30-21-28(37(40)41)20-29(22-30)39-23-33(31-16-8-10-18-34(31)43-24-26-12-4-2-5-13-26)38-36(39)32-17-9-11-19-35(32)44-25-27-14-6-3-7-15-27/h2-23H,24-25H2,1H3,(H,40,41). The van der Waals surface area contributed by atoms with Crippen LogP contribution >= 0.6 is 0 Å². The quantitative estimate of drug-likeness (QED) is 0.166. The first kappa shape index (κ1) is 28.3. The van der Waals surface area contributed by atoms with Crippen LogP contribution in [0, 0.1) is 0 Å². The summed E-state index contributed by atoms with van der Waals surface area (Å²) in [6.07, 6.45) is 1.88. The van der Waals surface area contributed by atoms with Gasteiger partial charge in [0.15, 0.2) is 0 Å². The number of hydrogen-bond donors (Lipinski definition) is 1. The van der Waals surface area contributed by atoms with Crippen molar-refractivity contribution in [1.29, 1.82) is 0 Å². The third-order valence-electron chi connectivity index (χ3n) is 7.12. The van der Waals surface area contributed by atoms with E-state index in [1.807, 2.05) is 120 Å². The van der Waals surface area contributed by atoms with E-state index >= 15 is 0 Å². The number of methoxy groups -OCH3 is 1. The summed E-state index contributed by atoms with van der Waals surface area (Å²) in [7, 11) is 1.51. The molecule has 0 aliphatic carbocycles. The fraction of sp³-hybridized carbons (Fsp3) is 0.0811. The molecule has 0 bridgehead atoms. The monoisotopic (exact) mass is 582 g/mol. The van der Waals surface area contributed by atoms with E-state index in [-0.39, 0.29) is 5.56 Å². The van der Waals surface area contributed by atoms with Crippen molar-refractivity contribution in [1.82, 2.24) is 9.55 Å². The first-order valence-corrected chi connectivity index (χ1v) is 14.1. The van der Waals surface area contributed by atoms with Crippen LogP contribution < -0.4 is 14.2 Å². The Labute approximate surface area is 255 Å². The normalized spacial score (nSPS) is 10.8. The van der Waals surface area contributed by atoms with Crippen LogP contribution in [-0.2, 0) is 13.2 Å². The van der Waals surface area contributed by atoms with Crippen molar-refractivity contribution >= 4 is 5.97 Å². The number of rotatable bonds is 11. The summed E-state index contributed by atoms with van der Waals surface area (Å²) in [4.78, 5) is 17.1. The molecular weight excluding hydrogens is 552 g/mol. The van der Waals surface area contributed by atoms with Crippen LogP contribution in [-0.4, -0.2) is 27.7 Å². The van der Waals surface area contributed by atoms with Crippen LogP contribution in [0.3, 0.4) is 0 Å². The van der Waals surface area contributed by atoms with Gasteiger partial charge in [0.05, 0.1) is 29.6 Å². The van der Waals surface area contributed by atoms with Crippen LogP contribution in [0.5, 0.6) is 17.2 Å². The molecule has 0 aliphatic heterocycles. The van der Waals surface area contributed by atoms with Crippen molar-refractivity contribution < 1.29 is 24.1 Å². The number of carboxylic acids is 1. The number of hydrogen-bond acceptors (Lipinski definition) is 5. The minimum atomic E-state index is -1.06. The maximum atomic E-state index is 12.0. The number of nitrogens with zero attached hydrogens (tertiary/aromatic N) is 2. The molecule has 0 atom stereocenters. The van der Waals surface area contributed by atoms with Crippen molar-refractivity contribution in [2.45, 2.75) is 13.2 Å². The van der Waals surface area contributed by atoms with Gasteiger partial charge in [0.25, 0.3) is 0 Å². The minimum Gasteiger partial charge on any atom is -0.497 e. The lowest BCUT2D eigenvalue weighted by Crippen LogP contribution is -2.03. The molecule has 6 aromatic rings. The number of aromatic carboxylic acids is 1. The van der Waals surface area contributed by atoms with E-state index in [1.165, 1.54) is 13.2 Å². The summed E-state index contributed by atoms with van der Waals surface area (Å²) in [6.45, 7) is 0.781. The molecule has 0 saturated heterocycles. The van der Waals surface area contributed by atoms with Gasteiger partial charge in [-0.3, -0.25) is 4.57 Å². The summed E-state index contributed by atoms with van der Waals surface area (Å²) in [5.41, 5.74) is 4.97. The van der Waals surface area contributed by atoms with Crippen molar-refractivity contribution in [3.8, 4) is 45.6 Å². The Morgan fingerprint density at radius 2 is 1.25 bits per heavy atom. The Balaban J connectivity index is 1.46. The van der Waals surface area contributed by atoms with Crippen molar-refractivity contribution in [3.05, 3.63) is 150 Å². The second kappa shape index (κ2) is 13.0. The van der Waals surface area contributed by atoms with E-state index in [9.17, 15) is 9.90 Å². The van der Waals surface area contributed by atoms with Gasteiger partial charge in [0.1, 0.15) is 36.3 Å². The second-order valence-corrected chi connectivity index (χ2v) is 10.1. The topological polar surface area (TPSA) is 82.8 Å². The molecule has 1 aromatic heterocycles. The summed E-state index contributed by atoms with van der Waals surface area (Å²) < 4.78 is 19.9. The highest BCUT2D eigenvalue weighted by Crippen LogP contribution is 2.37. The lowest BCUT2D eigenvalue weighted by molar-refractivity contribution is 0.0696. The SMILES string of the molecule is COc1cc(C(=O)O)cc(-n2cc(-c3ccccc3OCc3ccccc3)nc2-c2ccccc2OCc2ccccc2)c1. The molecule has 5 aromatic carbocycles. The number of benzene rings is 5. The molecule has 218 valence electrons. The Kier molecular flexibility index (Phi) is 8.36. The third-order valence-corrected chi connectivity index (χ3v) is 7.12. The van der Waals surface area contributed by atoms with E-state index < -0.39 is 5.97 Å². The molecule has 7 nitrogen and oxygen atoms in total. The first-order chi connectivity index (χ1) is 21.6. The van der Waals surface area contributed by atoms with E-state index in [0.29, 0.717) is 47.7 Å². The smallest absolute Gasteiger partial charge is 0.335 e. The summed E-state index contributed by atoms with van der Waals surface area (Å²) in [5.74, 6) is 1.26. The zero-order valence-corrected chi connectivity index (χ0v) is 24.1. The molecule has 0 radical (unpaired) electrons. The molecular formula is C37H30N2O5. The second-order valence-electron chi connectivity index (χ2n) is 10.1. The van der Waals surface area contributed by atoms with Gasteiger partial charge in [-0.05, 0) is 47.5 Å². The molecule has 6 rings (SSSR count). The largest absolute Gasteiger partial charge is 0.497 e. The van der Waals surface area contributed by atoms with Crippen molar-refractivity contribution in [2.24, 2.45) is 0 Å². The fourth-order valence-electron chi connectivity index (χ4n) is 4.91. The van der Waals surface area contributed by atoms with Gasteiger partial charge >= 0.3 is 5.97 Å². The van der Waals surface area contributed by atoms with Crippen molar-refractivity contribution in [3.63, 3.8) is 0 Å². The van der Waals surface area contributed by atoms with Gasteiger partial charge in [0.2, 0.25) is 0 Å². The molecule has 1 heterocycles. The van der Waals surface area contributed by atoms with Crippen LogP contribution in [0.25, 0.3) is 28.3 Å². The number of aromatic nitrogens is 2. The van der Waals surface area contributed by atoms with Gasteiger partial charge < -0.3 is 19.3 Å². The predicted molar refractivity (Wildman–Crippen MR) is 169 cm³/mol. The van der Waals surface area contributed by atoms with Crippen molar-refractivity contribution in [2.75, 3.05) is 7.11 Å². The number of carbonyl (C=O) groups is 1. The highest BCUT2D eigenvalue weighted by atomic mass is 16.5. The zero-order valence-electron chi connectivity index (χ0n) is 24.1. The number of para-hydroxylation sites is 2. The lowest BCUT2D eigenvalue weighted by Gasteiger charge is -2.14. The van der Waals surface area contributed by atoms with E-state index in [0.717, 1.165) is 22.3 Å². The van der Waals surface area contributed by atoms with Crippen LogP contribution in [0.2, 0.25) is 0 Å². The van der Waals surface area contributed by atoms with Gasteiger partial charge in [-0.1, -0.05) is 84.9 Å². The summed E-state index contributed by atoms with van der Waals surface area (Å²) in [5, 5.41) is 9.84. The van der Waals surface area contributed by atoms with E-state index in [4.69, 9.17) is 19.2 Å². The summed E-state index contributed by atoms with van der Waals surface area (Å²) in [6, 6.07) is 40.2. The molecule has 0 fully saturated rings. The maximum absolute atomic E-state index is 12.0. The van der Waals surface area contributed by atoms with Gasteiger partial charge in [0, 0.05) is 17.8 Å². The van der Waals surface area contributed by atoms with E-state index in [2.05, 4.69) is 0 Å². The summed E-state index contributed by atoms with van der Waals surface area (Å²) >= 11 is 0. The van der Waals surface area contributed by atoms with Crippen LogP contribution in [0.4, 0.5) is 0 Å². The number of ether oxygens (including phenoxy) is 3. The molecule has 0 aliphatic rings. The molecule has 0 unspecified atom stereocenters. The highest BCUT2D eigenvalue weighted by Gasteiger charge is 2.20. The first-order valence-electron chi connectivity index (χ1n) is 14.1. The van der Waals surface area contributed by atoms with Gasteiger partial charge in [-0.25, -0.2) is 9.78 Å². The Bertz CT molecular complexity index is 1880. The zero-order chi connectivity index (χ0) is 30.3. The molecule has 0 saturated carbocycles. The Morgan fingerprint density at radius 3 is 1.84 bits per heavy atom. The average Bonchev–Trinajstić information content (AvgIpc) is 3.52. The molecule has 0 spiro atoms. The Morgan fingerprint density at radius 1 is 0.705 bits per heavy atom. The lowest BCUT2D eigenvalue weighted by atomic mass is 10.1. The van der Waals surface area contributed by atoms with E-state index in [1.54, 1.807) is 12.1 Å². The van der Waals surface area contributed by atoms with Gasteiger partial charge in [-0.15, -0.1) is 0 Å². The molecule has 7 heteroatoms. The van der Waals surface area contributed by atoms with Crippen LogP contribution in [0.1, 0.15) is 21.5 Å². The number of carboxylic acid groups (broad SMARTS) is 1. The predicted octanol–water partition coefficient (Wildman–Crippen LogP) is 8.07. The van der Waals surface area contributed by atoms with Crippen LogP contribution in [0.15, 0.2) is 134 Å². The minimum absolute atomic E-state index is 0.0979. The molecule has 44 heavy (non-hydrogen) atoms.